The molecule has 1 fully saturated rings. The fourth-order valence-electron chi connectivity index (χ4n) is 3.14. The average Bonchev–Trinajstić information content (AvgIpc) is 2.37. The van der Waals surface area contributed by atoms with Gasteiger partial charge in [0, 0.05) is 32.3 Å². The Morgan fingerprint density at radius 2 is 1.95 bits per heavy atom. The summed E-state index contributed by atoms with van der Waals surface area (Å²) in [5.41, 5.74) is 4.95. The van der Waals surface area contributed by atoms with E-state index in [-0.39, 0.29) is 11.9 Å². The fraction of sp³-hybridized carbons (Fsp3) is 0.933. The van der Waals surface area contributed by atoms with E-state index in [0.29, 0.717) is 12.1 Å². The number of carbonyl (C=O) groups is 1. The van der Waals surface area contributed by atoms with E-state index in [1.54, 1.807) is 7.11 Å². The number of piperidine rings is 1. The number of ether oxygens (including phenoxy) is 1. The van der Waals surface area contributed by atoms with Gasteiger partial charge in [0.2, 0.25) is 5.91 Å². The van der Waals surface area contributed by atoms with Gasteiger partial charge in [-0.25, -0.2) is 0 Å². The van der Waals surface area contributed by atoms with Crippen LogP contribution in [0.1, 0.15) is 47.0 Å². The van der Waals surface area contributed by atoms with Crippen LogP contribution in [0.25, 0.3) is 0 Å². The highest BCUT2D eigenvalue weighted by Gasteiger charge is 2.35. The number of methoxy groups -OCH3 is 1. The Morgan fingerprint density at radius 3 is 2.35 bits per heavy atom. The van der Waals surface area contributed by atoms with Gasteiger partial charge in [-0.05, 0) is 47.0 Å². The monoisotopic (exact) mass is 285 g/mol. The zero-order valence-electron chi connectivity index (χ0n) is 13.6. The van der Waals surface area contributed by atoms with E-state index in [1.807, 2.05) is 20.8 Å². The Hall–Kier alpha value is -0.650. The van der Waals surface area contributed by atoms with Crippen LogP contribution in [0.3, 0.4) is 0 Å². The van der Waals surface area contributed by atoms with Crippen molar-refractivity contribution in [3.05, 3.63) is 0 Å². The number of amides is 1. The standard InChI is InChI=1S/C15H31N3O2/c1-11(2)17-15(4,14(16)19)10-12(3)18-8-6-13(20-5)7-9-18/h11-13,17H,6-10H2,1-5H3,(H2,16,19). The summed E-state index contributed by atoms with van der Waals surface area (Å²) in [7, 11) is 1.78. The van der Waals surface area contributed by atoms with E-state index < -0.39 is 5.54 Å². The first-order chi connectivity index (χ1) is 9.28. The van der Waals surface area contributed by atoms with Gasteiger partial charge in [-0.1, -0.05) is 0 Å². The number of hydrogen-bond acceptors (Lipinski definition) is 4. The van der Waals surface area contributed by atoms with E-state index in [9.17, 15) is 4.79 Å². The summed E-state index contributed by atoms with van der Waals surface area (Å²) >= 11 is 0. The van der Waals surface area contributed by atoms with Gasteiger partial charge in [0.05, 0.1) is 11.6 Å². The van der Waals surface area contributed by atoms with Crippen LogP contribution in [-0.2, 0) is 9.53 Å². The topological polar surface area (TPSA) is 67.6 Å². The molecule has 0 aliphatic carbocycles. The number of primary amides is 1. The molecule has 1 amide bonds. The van der Waals surface area contributed by atoms with Crippen molar-refractivity contribution < 1.29 is 9.53 Å². The zero-order valence-corrected chi connectivity index (χ0v) is 13.6. The SMILES string of the molecule is COC1CCN(C(C)CC(C)(NC(C)C)C(N)=O)CC1. The molecule has 1 rings (SSSR count). The number of hydrogen-bond donors (Lipinski definition) is 2. The van der Waals surface area contributed by atoms with Gasteiger partial charge < -0.3 is 20.7 Å². The molecule has 1 heterocycles. The molecule has 2 unspecified atom stereocenters. The summed E-state index contributed by atoms with van der Waals surface area (Å²) in [6.07, 6.45) is 3.24. The molecule has 1 aliphatic rings. The maximum Gasteiger partial charge on any atom is 0.237 e. The maximum atomic E-state index is 11.8. The lowest BCUT2D eigenvalue weighted by Gasteiger charge is -2.40. The highest BCUT2D eigenvalue weighted by Crippen LogP contribution is 2.21. The van der Waals surface area contributed by atoms with Crippen molar-refractivity contribution >= 4 is 5.91 Å². The first-order valence-electron chi connectivity index (χ1n) is 7.63. The fourth-order valence-corrected chi connectivity index (χ4v) is 3.14. The van der Waals surface area contributed by atoms with Crippen LogP contribution in [0.15, 0.2) is 0 Å². The number of nitrogens with two attached hydrogens (primary N) is 1. The molecule has 5 nitrogen and oxygen atoms in total. The number of nitrogens with zero attached hydrogens (tertiary/aromatic N) is 1. The van der Waals surface area contributed by atoms with Gasteiger partial charge >= 0.3 is 0 Å². The predicted octanol–water partition coefficient (Wildman–Crippen LogP) is 1.12. The minimum absolute atomic E-state index is 0.235. The molecule has 3 N–H and O–H groups in total. The molecule has 0 bridgehead atoms. The number of carbonyl (C=O) groups excluding carboxylic acids is 1. The van der Waals surface area contributed by atoms with E-state index in [1.165, 1.54) is 0 Å². The van der Waals surface area contributed by atoms with Crippen molar-refractivity contribution in [1.82, 2.24) is 10.2 Å². The summed E-state index contributed by atoms with van der Waals surface area (Å²) < 4.78 is 5.40. The maximum absolute atomic E-state index is 11.8. The lowest BCUT2D eigenvalue weighted by Crippen LogP contribution is -2.58. The third-order valence-electron chi connectivity index (χ3n) is 4.29. The van der Waals surface area contributed by atoms with Crippen molar-refractivity contribution in [3.63, 3.8) is 0 Å². The van der Waals surface area contributed by atoms with Crippen molar-refractivity contribution in [3.8, 4) is 0 Å². The Labute approximate surface area is 123 Å². The van der Waals surface area contributed by atoms with Gasteiger partial charge in [-0.2, -0.15) is 0 Å². The minimum atomic E-state index is -0.647. The summed E-state index contributed by atoms with van der Waals surface area (Å²) in [5, 5.41) is 3.32. The molecule has 1 aliphatic heterocycles. The third kappa shape index (κ3) is 4.72. The molecule has 118 valence electrons. The summed E-state index contributed by atoms with van der Waals surface area (Å²) in [4.78, 5) is 14.2. The van der Waals surface area contributed by atoms with Gasteiger partial charge in [0.15, 0.2) is 0 Å². The first kappa shape index (κ1) is 17.4. The molecular weight excluding hydrogens is 254 g/mol. The lowest BCUT2D eigenvalue weighted by atomic mass is 9.90. The second-order valence-corrected chi connectivity index (χ2v) is 6.52. The quantitative estimate of drug-likeness (QED) is 0.735. The second-order valence-electron chi connectivity index (χ2n) is 6.52. The average molecular weight is 285 g/mol. The molecule has 0 spiro atoms. The molecule has 20 heavy (non-hydrogen) atoms. The van der Waals surface area contributed by atoms with Crippen LogP contribution in [0.4, 0.5) is 0 Å². The molecule has 0 aromatic carbocycles. The smallest absolute Gasteiger partial charge is 0.237 e. The zero-order chi connectivity index (χ0) is 15.3. The molecule has 0 aromatic rings. The normalized spacial score (nSPS) is 22.7. The molecule has 0 radical (unpaired) electrons. The number of rotatable bonds is 7. The molecule has 5 heteroatoms. The first-order valence-corrected chi connectivity index (χ1v) is 7.63. The second kappa shape index (κ2) is 7.38. The Bertz CT molecular complexity index is 314. The van der Waals surface area contributed by atoms with E-state index in [4.69, 9.17) is 10.5 Å². The van der Waals surface area contributed by atoms with Crippen molar-refractivity contribution in [2.75, 3.05) is 20.2 Å². The predicted molar refractivity (Wildman–Crippen MR) is 81.6 cm³/mol. The van der Waals surface area contributed by atoms with Gasteiger partial charge in [-0.3, -0.25) is 4.79 Å². The van der Waals surface area contributed by atoms with Crippen LogP contribution in [0, 0.1) is 0 Å². The highest BCUT2D eigenvalue weighted by atomic mass is 16.5. The largest absolute Gasteiger partial charge is 0.381 e. The number of nitrogens with one attached hydrogen (secondary N) is 1. The minimum Gasteiger partial charge on any atom is -0.381 e. The van der Waals surface area contributed by atoms with Gasteiger partial charge in [0.25, 0.3) is 0 Å². The Morgan fingerprint density at radius 1 is 1.40 bits per heavy atom. The van der Waals surface area contributed by atoms with Crippen molar-refractivity contribution in [1.29, 1.82) is 0 Å². The van der Waals surface area contributed by atoms with Gasteiger partial charge in [-0.15, -0.1) is 0 Å². The Balaban J connectivity index is 2.58. The highest BCUT2D eigenvalue weighted by molar-refractivity contribution is 5.84. The van der Waals surface area contributed by atoms with Crippen molar-refractivity contribution in [2.24, 2.45) is 5.73 Å². The third-order valence-corrected chi connectivity index (χ3v) is 4.29. The number of likely N-dealkylation sites (tertiary alicyclic amines) is 1. The molecule has 2 atom stereocenters. The van der Waals surface area contributed by atoms with E-state index in [2.05, 4.69) is 17.1 Å². The van der Waals surface area contributed by atoms with Gasteiger partial charge in [0.1, 0.15) is 0 Å². The van der Waals surface area contributed by atoms with E-state index >= 15 is 0 Å². The van der Waals surface area contributed by atoms with Crippen LogP contribution in [-0.4, -0.2) is 54.7 Å². The van der Waals surface area contributed by atoms with Crippen molar-refractivity contribution in [2.45, 2.75) is 70.7 Å². The van der Waals surface area contributed by atoms with E-state index in [0.717, 1.165) is 32.4 Å². The summed E-state index contributed by atoms with van der Waals surface area (Å²) in [6, 6.07) is 0.565. The Kier molecular flexibility index (Phi) is 6.43. The molecule has 0 saturated carbocycles. The van der Waals surface area contributed by atoms with Crippen LogP contribution >= 0.6 is 0 Å². The summed E-state index contributed by atoms with van der Waals surface area (Å²) in [5.74, 6) is -0.273. The van der Waals surface area contributed by atoms with Crippen LogP contribution < -0.4 is 11.1 Å². The summed E-state index contributed by atoms with van der Waals surface area (Å²) in [6.45, 7) is 10.2. The van der Waals surface area contributed by atoms with Crippen LogP contribution in [0.2, 0.25) is 0 Å². The lowest BCUT2D eigenvalue weighted by molar-refractivity contribution is -0.125. The molecule has 1 saturated heterocycles. The molecular formula is C15H31N3O2. The van der Waals surface area contributed by atoms with Crippen LogP contribution in [0.5, 0.6) is 0 Å². The molecule has 0 aromatic heterocycles.